The van der Waals surface area contributed by atoms with Gasteiger partial charge in [0.05, 0.1) is 26.2 Å². The lowest BCUT2D eigenvalue weighted by atomic mass is 9.76. The number of hydrogen-bond acceptors (Lipinski definition) is 6. The van der Waals surface area contributed by atoms with E-state index in [0.29, 0.717) is 23.5 Å². The number of esters is 1. The highest BCUT2D eigenvalue weighted by molar-refractivity contribution is 9.10. The highest BCUT2D eigenvalue weighted by Crippen LogP contribution is 2.41. The minimum atomic E-state index is -0.395. The van der Waals surface area contributed by atoms with Gasteiger partial charge >= 0.3 is 5.97 Å². The van der Waals surface area contributed by atoms with E-state index in [1.54, 1.807) is 12.1 Å². The Kier molecular flexibility index (Phi) is 5.72. The van der Waals surface area contributed by atoms with Gasteiger partial charge in [-0.25, -0.2) is 0 Å². The molecule has 2 saturated heterocycles. The van der Waals surface area contributed by atoms with Gasteiger partial charge in [0.25, 0.3) is 5.91 Å². The molecule has 1 aromatic carbocycles. The lowest BCUT2D eigenvalue weighted by molar-refractivity contribution is -0.149. The number of piperidine rings is 1. The number of halogens is 1. The van der Waals surface area contributed by atoms with Gasteiger partial charge in [-0.15, -0.1) is 0 Å². The summed E-state index contributed by atoms with van der Waals surface area (Å²) in [5.74, 6) is 0.351. The molecule has 2 heterocycles. The molecule has 142 valence electrons. The van der Waals surface area contributed by atoms with Crippen LogP contribution in [0.3, 0.4) is 0 Å². The topological polar surface area (TPSA) is 85.9 Å². The zero-order chi connectivity index (χ0) is 18.7. The maximum atomic E-state index is 12.7. The van der Waals surface area contributed by atoms with Gasteiger partial charge in [-0.05, 0) is 38.1 Å². The van der Waals surface area contributed by atoms with E-state index >= 15 is 0 Å². The van der Waals surface area contributed by atoms with Gasteiger partial charge in [-0.3, -0.25) is 9.59 Å². The van der Waals surface area contributed by atoms with Crippen molar-refractivity contribution >= 4 is 27.8 Å². The van der Waals surface area contributed by atoms with Crippen LogP contribution in [0.25, 0.3) is 0 Å². The molecule has 2 aliphatic heterocycles. The smallest absolute Gasteiger partial charge is 0.312 e. The van der Waals surface area contributed by atoms with E-state index < -0.39 is 5.41 Å². The van der Waals surface area contributed by atoms with Gasteiger partial charge in [0.1, 0.15) is 23.2 Å². The van der Waals surface area contributed by atoms with E-state index in [1.165, 1.54) is 14.2 Å². The average molecular weight is 427 g/mol. The minimum Gasteiger partial charge on any atom is -0.496 e. The van der Waals surface area contributed by atoms with Crippen LogP contribution in [-0.2, 0) is 9.53 Å². The van der Waals surface area contributed by atoms with Gasteiger partial charge in [0.15, 0.2) is 0 Å². The first-order chi connectivity index (χ1) is 12.5. The third-order valence-electron chi connectivity index (χ3n) is 5.07. The highest BCUT2D eigenvalue weighted by atomic mass is 79.9. The predicted octanol–water partition coefficient (Wildman–Crippen LogP) is 1.88. The van der Waals surface area contributed by atoms with Crippen LogP contribution in [0.4, 0.5) is 0 Å². The Bertz CT molecular complexity index is 678. The predicted molar refractivity (Wildman–Crippen MR) is 98.6 cm³/mol. The monoisotopic (exact) mass is 426 g/mol. The highest BCUT2D eigenvalue weighted by Gasteiger charge is 2.49. The second-order valence-corrected chi connectivity index (χ2v) is 7.57. The van der Waals surface area contributed by atoms with Crippen molar-refractivity contribution < 1.29 is 23.8 Å². The fraction of sp³-hybridized carbons (Fsp3) is 0.556. The van der Waals surface area contributed by atoms with Gasteiger partial charge < -0.3 is 24.8 Å². The van der Waals surface area contributed by atoms with Crippen molar-refractivity contribution in [3.63, 3.8) is 0 Å². The third-order valence-corrected chi connectivity index (χ3v) is 5.53. The second kappa shape index (κ2) is 7.84. The van der Waals surface area contributed by atoms with Crippen LogP contribution in [0, 0.1) is 5.41 Å². The molecule has 7 nitrogen and oxygen atoms in total. The Balaban J connectivity index is 1.67. The number of rotatable bonds is 5. The molecule has 2 fully saturated rings. The fourth-order valence-electron chi connectivity index (χ4n) is 3.66. The summed E-state index contributed by atoms with van der Waals surface area (Å²) in [6, 6.07) is 3.41. The Morgan fingerprint density at radius 2 is 1.92 bits per heavy atom. The van der Waals surface area contributed by atoms with Crippen molar-refractivity contribution in [2.45, 2.75) is 25.4 Å². The first kappa shape index (κ1) is 19.0. The molecular formula is C18H23BrN2O5. The minimum absolute atomic E-state index is 0.142. The summed E-state index contributed by atoms with van der Waals surface area (Å²) in [7, 11) is 3.00. The molecule has 0 saturated carbocycles. The molecule has 0 radical (unpaired) electrons. The quantitative estimate of drug-likeness (QED) is 0.699. The Hall–Kier alpha value is -1.80. The first-order valence-electron chi connectivity index (χ1n) is 8.60. The molecule has 26 heavy (non-hydrogen) atoms. The van der Waals surface area contributed by atoms with Gasteiger partial charge in [0.2, 0.25) is 0 Å². The molecule has 3 rings (SSSR count). The third kappa shape index (κ3) is 3.66. The maximum absolute atomic E-state index is 12.7. The zero-order valence-electron chi connectivity index (χ0n) is 14.9. The molecule has 1 spiro atoms. The second-order valence-electron chi connectivity index (χ2n) is 6.66. The molecule has 2 N–H and O–H groups in total. The molecule has 1 amide bonds. The zero-order valence-corrected chi connectivity index (χ0v) is 16.5. The van der Waals surface area contributed by atoms with Crippen LogP contribution in [0.15, 0.2) is 16.6 Å². The van der Waals surface area contributed by atoms with Gasteiger partial charge in [0, 0.05) is 10.9 Å². The lowest BCUT2D eigenvalue weighted by Crippen LogP contribution is -2.39. The van der Waals surface area contributed by atoms with Crippen molar-refractivity contribution in [3.8, 4) is 11.5 Å². The summed E-state index contributed by atoms with van der Waals surface area (Å²) in [5.41, 5.74) is -0.0766. The summed E-state index contributed by atoms with van der Waals surface area (Å²) >= 11 is 3.36. The molecule has 1 unspecified atom stereocenters. The number of ether oxygens (including phenoxy) is 3. The van der Waals surface area contributed by atoms with Crippen LogP contribution < -0.4 is 20.1 Å². The van der Waals surface area contributed by atoms with E-state index in [-0.39, 0.29) is 24.5 Å². The van der Waals surface area contributed by atoms with Gasteiger partial charge in [-0.2, -0.15) is 0 Å². The summed E-state index contributed by atoms with van der Waals surface area (Å²) in [6.45, 7) is 1.91. The van der Waals surface area contributed by atoms with Gasteiger partial charge in [-0.1, -0.05) is 15.9 Å². The molecule has 8 heteroatoms. The Morgan fingerprint density at radius 3 is 2.50 bits per heavy atom. The number of carbonyl (C=O) groups excluding carboxylic acids is 2. The van der Waals surface area contributed by atoms with E-state index in [9.17, 15) is 9.59 Å². The number of cyclic esters (lactones) is 1. The molecule has 0 bridgehead atoms. The van der Waals surface area contributed by atoms with E-state index in [1.807, 2.05) is 0 Å². The van der Waals surface area contributed by atoms with E-state index in [4.69, 9.17) is 14.2 Å². The van der Waals surface area contributed by atoms with Crippen molar-refractivity contribution in [1.82, 2.24) is 10.6 Å². The van der Waals surface area contributed by atoms with Crippen LogP contribution in [-0.4, -0.2) is 51.8 Å². The SMILES string of the molecule is COc1cc(Br)cc(OC)c1C(=O)NCC1CC2(CCNCC2)C(=O)O1. The fourth-order valence-corrected chi connectivity index (χ4v) is 4.08. The van der Waals surface area contributed by atoms with Crippen LogP contribution >= 0.6 is 15.9 Å². The van der Waals surface area contributed by atoms with Crippen molar-refractivity contribution in [2.75, 3.05) is 33.9 Å². The Morgan fingerprint density at radius 1 is 1.31 bits per heavy atom. The maximum Gasteiger partial charge on any atom is 0.312 e. The number of carbonyl (C=O) groups is 2. The molecule has 1 atom stereocenters. The standard InChI is InChI=1S/C18H23BrN2O5/c1-24-13-7-11(19)8-14(25-2)15(13)16(22)21-10-12-9-18(17(23)26-12)3-5-20-6-4-18/h7-8,12,20H,3-6,9-10H2,1-2H3,(H,21,22). The average Bonchev–Trinajstić information content (AvgIpc) is 2.94. The molecule has 2 aliphatic rings. The molecule has 1 aromatic rings. The molecule has 0 aliphatic carbocycles. The van der Waals surface area contributed by atoms with Crippen LogP contribution in [0.5, 0.6) is 11.5 Å². The number of hydrogen-bond donors (Lipinski definition) is 2. The molecule has 0 aromatic heterocycles. The summed E-state index contributed by atoms with van der Waals surface area (Å²) in [5, 5.41) is 6.11. The van der Waals surface area contributed by atoms with Crippen molar-refractivity contribution in [1.29, 1.82) is 0 Å². The van der Waals surface area contributed by atoms with Crippen LogP contribution in [0.2, 0.25) is 0 Å². The normalized spacial score (nSPS) is 21.3. The van der Waals surface area contributed by atoms with E-state index in [0.717, 1.165) is 30.4 Å². The summed E-state index contributed by atoms with van der Waals surface area (Å²) < 4.78 is 16.9. The van der Waals surface area contributed by atoms with Crippen molar-refractivity contribution in [3.05, 3.63) is 22.2 Å². The van der Waals surface area contributed by atoms with Crippen molar-refractivity contribution in [2.24, 2.45) is 5.41 Å². The number of methoxy groups -OCH3 is 2. The van der Waals surface area contributed by atoms with E-state index in [2.05, 4.69) is 26.6 Å². The first-order valence-corrected chi connectivity index (χ1v) is 9.40. The summed E-state index contributed by atoms with van der Waals surface area (Å²) in [4.78, 5) is 25.0. The molecular weight excluding hydrogens is 404 g/mol. The number of benzene rings is 1. The Labute approximate surface area is 160 Å². The largest absolute Gasteiger partial charge is 0.496 e. The van der Waals surface area contributed by atoms with Crippen LogP contribution in [0.1, 0.15) is 29.6 Å². The summed E-state index contributed by atoms with van der Waals surface area (Å²) in [6.07, 6.45) is 1.90. The number of nitrogens with one attached hydrogen (secondary N) is 2. The number of amides is 1. The lowest BCUT2D eigenvalue weighted by Gasteiger charge is -2.29.